The zero-order chi connectivity index (χ0) is 51.4. The predicted octanol–water partition coefficient (Wildman–Crippen LogP) is 19.9. The maximum Gasteiger partial charge on any atom is 0.306 e. The van der Waals surface area contributed by atoms with E-state index < -0.39 is 6.10 Å². The van der Waals surface area contributed by atoms with Crippen molar-refractivity contribution in [3.63, 3.8) is 0 Å². The summed E-state index contributed by atoms with van der Waals surface area (Å²) in [6, 6.07) is 0. The fourth-order valence-corrected chi connectivity index (χ4v) is 7.82. The third-order valence-electron chi connectivity index (χ3n) is 12.2. The van der Waals surface area contributed by atoms with Gasteiger partial charge in [0, 0.05) is 19.3 Å². The number of unbranched alkanes of at least 4 members (excludes halogenated alkanes) is 23. The van der Waals surface area contributed by atoms with Gasteiger partial charge >= 0.3 is 17.9 Å². The van der Waals surface area contributed by atoms with E-state index in [0.29, 0.717) is 19.3 Å². The quantitative estimate of drug-likeness (QED) is 0.0261. The zero-order valence-electron chi connectivity index (χ0n) is 46.2. The molecule has 0 N–H and O–H groups in total. The lowest BCUT2D eigenvalue weighted by Gasteiger charge is -2.18. The molecule has 71 heavy (non-hydrogen) atoms. The molecule has 6 heteroatoms. The second-order valence-electron chi connectivity index (χ2n) is 19.2. The molecule has 1 unspecified atom stereocenters. The van der Waals surface area contributed by atoms with E-state index in [-0.39, 0.29) is 31.1 Å². The molecule has 0 heterocycles. The minimum Gasteiger partial charge on any atom is -0.462 e. The van der Waals surface area contributed by atoms with Crippen LogP contribution in [-0.2, 0) is 28.6 Å². The number of hydrogen-bond acceptors (Lipinski definition) is 6. The molecule has 0 aliphatic heterocycles. The molecule has 0 aromatic carbocycles. The van der Waals surface area contributed by atoms with Crippen LogP contribution >= 0.6 is 0 Å². The highest BCUT2D eigenvalue weighted by Crippen LogP contribution is 2.14. The van der Waals surface area contributed by atoms with Crippen LogP contribution in [0, 0.1) is 0 Å². The molecule has 0 spiro atoms. The second-order valence-corrected chi connectivity index (χ2v) is 19.2. The molecule has 404 valence electrons. The average molecular weight is 986 g/mol. The summed E-state index contributed by atoms with van der Waals surface area (Å²) in [6.07, 6.45) is 79.3. The van der Waals surface area contributed by atoms with E-state index in [1.54, 1.807) is 0 Å². The van der Waals surface area contributed by atoms with Gasteiger partial charge in [-0.15, -0.1) is 0 Å². The summed E-state index contributed by atoms with van der Waals surface area (Å²) >= 11 is 0. The first kappa shape index (κ1) is 67.1. The Balaban J connectivity index is 4.48. The number of hydrogen-bond donors (Lipinski definition) is 0. The number of rotatable bonds is 52. The molecule has 0 fully saturated rings. The van der Waals surface area contributed by atoms with Crippen LogP contribution in [0.15, 0.2) is 109 Å². The molecule has 1 atom stereocenters. The molecule has 0 radical (unpaired) electrons. The van der Waals surface area contributed by atoms with Crippen molar-refractivity contribution in [3.05, 3.63) is 109 Å². The summed E-state index contributed by atoms with van der Waals surface area (Å²) in [6.45, 7) is 6.44. The van der Waals surface area contributed by atoms with Gasteiger partial charge in [0.05, 0.1) is 0 Å². The summed E-state index contributed by atoms with van der Waals surface area (Å²) in [4.78, 5) is 38.2. The van der Waals surface area contributed by atoms with Gasteiger partial charge in [-0.1, -0.05) is 226 Å². The Bertz CT molecular complexity index is 1460. The van der Waals surface area contributed by atoms with Crippen molar-refractivity contribution < 1.29 is 28.6 Å². The van der Waals surface area contributed by atoms with Crippen molar-refractivity contribution >= 4 is 17.9 Å². The molecule has 0 aromatic rings. The van der Waals surface area contributed by atoms with E-state index in [1.165, 1.54) is 96.3 Å². The van der Waals surface area contributed by atoms with Gasteiger partial charge in [0.15, 0.2) is 6.10 Å². The average Bonchev–Trinajstić information content (AvgIpc) is 3.37. The molecule has 0 rings (SSSR count). The first-order chi connectivity index (χ1) is 35.0. The van der Waals surface area contributed by atoms with E-state index in [4.69, 9.17) is 14.2 Å². The van der Waals surface area contributed by atoms with Gasteiger partial charge < -0.3 is 14.2 Å². The molecule has 0 saturated carbocycles. The van der Waals surface area contributed by atoms with Crippen LogP contribution in [0.5, 0.6) is 0 Å². The van der Waals surface area contributed by atoms with Crippen LogP contribution < -0.4 is 0 Å². The van der Waals surface area contributed by atoms with Crippen molar-refractivity contribution in [2.24, 2.45) is 0 Å². The molecule has 0 aromatic heterocycles. The summed E-state index contributed by atoms with van der Waals surface area (Å²) in [7, 11) is 0. The first-order valence-corrected chi connectivity index (χ1v) is 29.4. The van der Waals surface area contributed by atoms with Crippen LogP contribution in [0.3, 0.4) is 0 Å². The Kier molecular flexibility index (Phi) is 55.4. The van der Waals surface area contributed by atoms with E-state index in [9.17, 15) is 14.4 Å². The van der Waals surface area contributed by atoms with Crippen molar-refractivity contribution in [3.8, 4) is 0 Å². The lowest BCUT2D eigenvalue weighted by Crippen LogP contribution is -2.30. The first-order valence-electron chi connectivity index (χ1n) is 29.4. The van der Waals surface area contributed by atoms with Gasteiger partial charge in [-0.05, 0) is 128 Å². The lowest BCUT2D eigenvalue weighted by molar-refractivity contribution is -0.167. The van der Waals surface area contributed by atoms with Gasteiger partial charge in [0.1, 0.15) is 13.2 Å². The summed E-state index contributed by atoms with van der Waals surface area (Å²) in [5.41, 5.74) is 0. The Hall–Kier alpha value is -3.93. The van der Waals surface area contributed by atoms with E-state index in [0.717, 1.165) is 128 Å². The van der Waals surface area contributed by atoms with Crippen LogP contribution in [0.2, 0.25) is 0 Å². The number of esters is 3. The molecule has 0 aliphatic carbocycles. The Morgan fingerprint density at radius 2 is 0.549 bits per heavy atom. The highest BCUT2D eigenvalue weighted by molar-refractivity contribution is 5.71. The third-order valence-corrected chi connectivity index (χ3v) is 12.2. The smallest absolute Gasteiger partial charge is 0.306 e. The minimum atomic E-state index is -0.803. The van der Waals surface area contributed by atoms with Crippen LogP contribution in [-0.4, -0.2) is 37.2 Å². The summed E-state index contributed by atoms with van der Waals surface area (Å²) in [5.74, 6) is -0.947. The van der Waals surface area contributed by atoms with Crippen molar-refractivity contribution in [2.75, 3.05) is 13.2 Å². The van der Waals surface area contributed by atoms with Crippen LogP contribution in [0.25, 0.3) is 0 Å². The number of carbonyl (C=O) groups is 3. The Morgan fingerprint density at radius 1 is 0.296 bits per heavy atom. The highest BCUT2D eigenvalue weighted by atomic mass is 16.6. The molecule has 6 nitrogen and oxygen atoms in total. The zero-order valence-corrected chi connectivity index (χ0v) is 46.2. The van der Waals surface area contributed by atoms with Crippen molar-refractivity contribution in [1.82, 2.24) is 0 Å². The Morgan fingerprint density at radius 3 is 0.873 bits per heavy atom. The standard InChI is InChI=1S/C65H108O6/c1-4-7-10-13-16-19-22-25-28-30-32-34-37-40-43-46-49-52-55-58-64(67)70-61-62(60-69-63(66)57-54-51-48-45-42-39-36-27-24-21-18-15-12-9-6-3)71-65(68)59-56-53-50-47-44-41-38-35-33-31-29-26-23-20-17-14-11-8-5-2/h7,10,16-21,25-29,32,34,36,40,43,62H,4-6,8-9,11-15,22-24,30-31,33,35,37-39,41-42,44-61H2,1-3H3/b10-7-,19-16-,20-17-,21-18-,28-25-,29-26-,34-32-,36-27-,43-40-. The molecule has 0 saturated heterocycles. The summed E-state index contributed by atoms with van der Waals surface area (Å²) < 4.78 is 16.8. The highest BCUT2D eigenvalue weighted by Gasteiger charge is 2.19. The van der Waals surface area contributed by atoms with Gasteiger partial charge in [-0.2, -0.15) is 0 Å². The van der Waals surface area contributed by atoms with Crippen LogP contribution in [0.1, 0.15) is 265 Å². The Labute approximate surface area is 438 Å². The van der Waals surface area contributed by atoms with Gasteiger partial charge in [-0.25, -0.2) is 0 Å². The minimum absolute atomic E-state index is 0.0990. The predicted molar refractivity (Wildman–Crippen MR) is 307 cm³/mol. The molecular formula is C65H108O6. The topological polar surface area (TPSA) is 78.9 Å². The van der Waals surface area contributed by atoms with Crippen LogP contribution in [0.4, 0.5) is 0 Å². The fraction of sp³-hybridized carbons (Fsp3) is 0.677. The monoisotopic (exact) mass is 985 g/mol. The van der Waals surface area contributed by atoms with Gasteiger partial charge in [-0.3, -0.25) is 14.4 Å². The largest absolute Gasteiger partial charge is 0.462 e. The number of ether oxygens (including phenoxy) is 3. The van der Waals surface area contributed by atoms with E-state index in [2.05, 4.69) is 130 Å². The molecular weight excluding hydrogens is 877 g/mol. The fourth-order valence-electron chi connectivity index (χ4n) is 7.82. The van der Waals surface area contributed by atoms with Crippen molar-refractivity contribution in [1.29, 1.82) is 0 Å². The molecule has 0 bridgehead atoms. The number of allylic oxidation sites excluding steroid dienone is 18. The maximum absolute atomic E-state index is 12.9. The van der Waals surface area contributed by atoms with Gasteiger partial charge in [0.25, 0.3) is 0 Å². The second kappa shape index (κ2) is 58.6. The maximum atomic E-state index is 12.9. The SMILES string of the molecule is CC/C=C\C/C=C\C/C=C\C/C=C\C/C=C\CCCCCC(=O)OCC(COC(=O)CCCCCCC/C=C\C/C=C\CCCCC)OC(=O)CCCCCCCCCCC/C=C\C/C=C\CCCCC. The molecule has 0 aliphatic rings. The van der Waals surface area contributed by atoms with E-state index >= 15 is 0 Å². The summed E-state index contributed by atoms with van der Waals surface area (Å²) in [5, 5.41) is 0. The third kappa shape index (κ3) is 56.9. The number of carbonyl (C=O) groups excluding carboxylic acids is 3. The molecule has 0 amide bonds. The normalized spacial score (nSPS) is 12.9. The van der Waals surface area contributed by atoms with Gasteiger partial charge in [0.2, 0.25) is 0 Å². The van der Waals surface area contributed by atoms with E-state index in [1.807, 2.05) is 0 Å². The lowest BCUT2D eigenvalue weighted by atomic mass is 10.1. The van der Waals surface area contributed by atoms with Crippen molar-refractivity contribution in [2.45, 2.75) is 271 Å².